The molecule has 72 valence electrons. The van der Waals surface area contributed by atoms with Crippen LogP contribution in [0.4, 0.5) is 0 Å². The highest BCUT2D eigenvalue weighted by atomic mass is 16.1. The number of nitrogens with one attached hydrogen (secondary N) is 1. The van der Waals surface area contributed by atoms with Gasteiger partial charge in [-0.15, -0.1) is 0 Å². The first-order chi connectivity index (χ1) is 6.63. The lowest BCUT2D eigenvalue weighted by atomic mass is 10.1. The minimum Gasteiger partial charge on any atom is -0.350 e. The van der Waals surface area contributed by atoms with Gasteiger partial charge in [-0.2, -0.15) is 5.26 Å². The van der Waals surface area contributed by atoms with Gasteiger partial charge >= 0.3 is 0 Å². The van der Waals surface area contributed by atoms with E-state index in [0.29, 0.717) is 5.56 Å². The predicted molar refractivity (Wildman–Crippen MR) is 53.4 cm³/mol. The van der Waals surface area contributed by atoms with E-state index in [1.54, 1.807) is 12.1 Å². The van der Waals surface area contributed by atoms with E-state index in [1.165, 1.54) is 6.92 Å². The van der Waals surface area contributed by atoms with Crippen LogP contribution in [0.2, 0.25) is 0 Å². The Morgan fingerprint density at radius 3 is 2.86 bits per heavy atom. The lowest BCUT2D eigenvalue weighted by Crippen LogP contribution is -2.23. The largest absolute Gasteiger partial charge is 0.350 e. The van der Waals surface area contributed by atoms with Gasteiger partial charge in [0.2, 0.25) is 5.91 Å². The topological polar surface area (TPSA) is 52.9 Å². The van der Waals surface area contributed by atoms with Crippen molar-refractivity contribution in [3.63, 3.8) is 0 Å². The molecule has 0 spiro atoms. The Hall–Kier alpha value is -1.82. The SMILES string of the molecule is CC(=O)N[C@@H](C)c1cccc(C#N)c1. The van der Waals surface area contributed by atoms with Gasteiger partial charge in [-0.25, -0.2) is 0 Å². The van der Waals surface area contributed by atoms with Crippen LogP contribution in [0.1, 0.15) is 31.0 Å². The maximum absolute atomic E-state index is 10.8. The molecule has 1 aromatic carbocycles. The van der Waals surface area contributed by atoms with Crippen LogP contribution >= 0.6 is 0 Å². The van der Waals surface area contributed by atoms with Gasteiger partial charge in [-0.1, -0.05) is 12.1 Å². The Morgan fingerprint density at radius 2 is 2.29 bits per heavy atom. The number of amides is 1. The predicted octanol–water partition coefficient (Wildman–Crippen LogP) is 1.76. The first kappa shape index (κ1) is 10.3. The standard InChI is InChI=1S/C11H12N2O/c1-8(13-9(2)14)11-5-3-4-10(6-11)7-12/h3-6,8H,1-2H3,(H,13,14)/t8-/m0/s1. The number of nitrogens with zero attached hydrogens (tertiary/aromatic N) is 1. The molecule has 1 atom stereocenters. The average Bonchev–Trinajstić information content (AvgIpc) is 2.17. The molecule has 14 heavy (non-hydrogen) atoms. The highest BCUT2D eigenvalue weighted by Gasteiger charge is 2.06. The van der Waals surface area contributed by atoms with Crippen LogP contribution in [0.15, 0.2) is 24.3 Å². The number of benzene rings is 1. The molecule has 0 saturated carbocycles. The van der Waals surface area contributed by atoms with Crippen molar-refractivity contribution in [2.45, 2.75) is 19.9 Å². The second kappa shape index (κ2) is 4.43. The van der Waals surface area contributed by atoms with E-state index >= 15 is 0 Å². The Kier molecular flexibility index (Phi) is 3.24. The van der Waals surface area contributed by atoms with Gasteiger partial charge in [0.15, 0.2) is 0 Å². The van der Waals surface area contributed by atoms with Crippen molar-refractivity contribution < 1.29 is 4.79 Å². The summed E-state index contributed by atoms with van der Waals surface area (Å²) in [6, 6.07) is 9.23. The van der Waals surface area contributed by atoms with Gasteiger partial charge in [-0.05, 0) is 24.6 Å². The number of hydrogen-bond acceptors (Lipinski definition) is 2. The number of carbonyl (C=O) groups is 1. The molecule has 0 heterocycles. The molecule has 3 heteroatoms. The number of nitriles is 1. The lowest BCUT2D eigenvalue weighted by molar-refractivity contribution is -0.119. The van der Waals surface area contributed by atoms with Crippen molar-refractivity contribution in [3.05, 3.63) is 35.4 Å². The molecule has 1 rings (SSSR count). The third-order valence-corrected chi connectivity index (χ3v) is 1.94. The van der Waals surface area contributed by atoms with Crippen LogP contribution in [-0.2, 0) is 4.79 Å². The number of hydrogen-bond donors (Lipinski definition) is 1. The van der Waals surface area contributed by atoms with Gasteiger partial charge in [-0.3, -0.25) is 4.79 Å². The molecule has 1 aromatic rings. The normalized spacial score (nSPS) is 11.5. The maximum Gasteiger partial charge on any atom is 0.217 e. The molecule has 0 aliphatic carbocycles. The third kappa shape index (κ3) is 2.60. The molecule has 0 saturated heterocycles. The molecule has 0 bridgehead atoms. The van der Waals surface area contributed by atoms with Crippen LogP contribution in [0.3, 0.4) is 0 Å². The van der Waals surface area contributed by atoms with Crippen molar-refractivity contribution in [2.75, 3.05) is 0 Å². The molecule has 0 radical (unpaired) electrons. The fraction of sp³-hybridized carbons (Fsp3) is 0.273. The zero-order chi connectivity index (χ0) is 10.6. The highest BCUT2D eigenvalue weighted by molar-refractivity contribution is 5.73. The minimum atomic E-state index is -0.0696. The van der Waals surface area contributed by atoms with E-state index in [-0.39, 0.29) is 11.9 Å². The summed E-state index contributed by atoms with van der Waals surface area (Å²) >= 11 is 0. The van der Waals surface area contributed by atoms with Gasteiger partial charge in [0.25, 0.3) is 0 Å². The van der Waals surface area contributed by atoms with E-state index in [9.17, 15) is 4.79 Å². The van der Waals surface area contributed by atoms with Crippen LogP contribution in [-0.4, -0.2) is 5.91 Å². The van der Waals surface area contributed by atoms with Gasteiger partial charge in [0, 0.05) is 6.92 Å². The van der Waals surface area contributed by atoms with E-state index in [4.69, 9.17) is 5.26 Å². The van der Waals surface area contributed by atoms with E-state index in [2.05, 4.69) is 11.4 Å². The summed E-state index contributed by atoms with van der Waals surface area (Å²) in [6.07, 6.45) is 0. The molecule has 3 nitrogen and oxygen atoms in total. The van der Waals surface area contributed by atoms with Gasteiger partial charge < -0.3 is 5.32 Å². The molecule has 0 unspecified atom stereocenters. The van der Waals surface area contributed by atoms with Gasteiger partial charge in [0.1, 0.15) is 0 Å². The van der Waals surface area contributed by atoms with Crippen LogP contribution in [0.25, 0.3) is 0 Å². The second-order valence-corrected chi connectivity index (χ2v) is 3.16. The zero-order valence-electron chi connectivity index (χ0n) is 8.24. The molecule has 0 fully saturated rings. The van der Waals surface area contributed by atoms with Crippen molar-refractivity contribution in [1.82, 2.24) is 5.32 Å². The Balaban J connectivity index is 2.85. The lowest BCUT2D eigenvalue weighted by Gasteiger charge is -2.12. The quantitative estimate of drug-likeness (QED) is 0.768. The average molecular weight is 188 g/mol. The molecule has 0 aliphatic heterocycles. The first-order valence-corrected chi connectivity index (χ1v) is 4.40. The third-order valence-electron chi connectivity index (χ3n) is 1.94. The van der Waals surface area contributed by atoms with Crippen molar-refractivity contribution in [2.24, 2.45) is 0 Å². The summed E-state index contributed by atoms with van der Waals surface area (Å²) < 4.78 is 0. The fourth-order valence-electron chi connectivity index (χ4n) is 1.27. The zero-order valence-corrected chi connectivity index (χ0v) is 8.24. The molecule has 1 amide bonds. The van der Waals surface area contributed by atoms with E-state index in [1.807, 2.05) is 19.1 Å². The van der Waals surface area contributed by atoms with E-state index in [0.717, 1.165) is 5.56 Å². The Labute approximate surface area is 83.4 Å². The number of carbonyl (C=O) groups excluding carboxylic acids is 1. The van der Waals surface area contributed by atoms with E-state index < -0.39 is 0 Å². The molecular weight excluding hydrogens is 176 g/mol. The van der Waals surface area contributed by atoms with Crippen LogP contribution < -0.4 is 5.32 Å². The highest BCUT2D eigenvalue weighted by Crippen LogP contribution is 2.13. The summed E-state index contributed by atoms with van der Waals surface area (Å²) in [5.74, 6) is -0.0696. The van der Waals surface area contributed by atoms with Crippen LogP contribution in [0, 0.1) is 11.3 Å². The first-order valence-electron chi connectivity index (χ1n) is 4.40. The molecular formula is C11H12N2O. The minimum absolute atomic E-state index is 0.0548. The monoisotopic (exact) mass is 188 g/mol. The second-order valence-electron chi connectivity index (χ2n) is 3.16. The number of rotatable bonds is 2. The fourth-order valence-corrected chi connectivity index (χ4v) is 1.27. The summed E-state index contributed by atoms with van der Waals surface area (Å²) in [6.45, 7) is 3.36. The van der Waals surface area contributed by atoms with Crippen molar-refractivity contribution in [1.29, 1.82) is 5.26 Å². The molecule has 0 aromatic heterocycles. The summed E-state index contributed by atoms with van der Waals surface area (Å²) in [7, 11) is 0. The summed E-state index contributed by atoms with van der Waals surface area (Å²) in [5, 5.41) is 11.5. The van der Waals surface area contributed by atoms with Crippen molar-refractivity contribution in [3.8, 4) is 6.07 Å². The summed E-state index contributed by atoms with van der Waals surface area (Å²) in [4.78, 5) is 10.8. The Bertz CT molecular complexity index is 379. The molecule has 1 N–H and O–H groups in total. The van der Waals surface area contributed by atoms with Crippen molar-refractivity contribution >= 4 is 5.91 Å². The Morgan fingerprint density at radius 1 is 1.57 bits per heavy atom. The van der Waals surface area contributed by atoms with Gasteiger partial charge in [0.05, 0.1) is 17.7 Å². The summed E-state index contributed by atoms with van der Waals surface area (Å²) in [5.41, 5.74) is 1.55. The maximum atomic E-state index is 10.8. The van der Waals surface area contributed by atoms with Crippen LogP contribution in [0.5, 0.6) is 0 Å². The smallest absolute Gasteiger partial charge is 0.217 e. The molecule has 0 aliphatic rings.